The number of aryl methyl sites for hydroxylation is 2. The maximum absolute atomic E-state index is 11.9. The highest BCUT2D eigenvalue weighted by Crippen LogP contribution is 2.21. The van der Waals surface area contributed by atoms with Gasteiger partial charge in [0.2, 0.25) is 5.91 Å². The highest BCUT2D eigenvalue weighted by atomic mass is 35.5. The van der Waals surface area contributed by atoms with Crippen molar-refractivity contribution in [3.63, 3.8) is 0 Å². The highest BCUT2D eigenvalue weighted by Gasteiger charge is 2.16. The van der Waals surface area contributed by atoms with Crippen LogP contribution in [0.15, 0.2) is 42.5 Å². The average Bonchev–Trinajstić information content (AvgIpc) is 2.64. The number of amides is 2. The van der Waals surface area contributed by atoms with Gasteiger partial charge in [-0.15, -0.1) is 0 Å². The second kappa shape index (κ2) is 9.73. The van der Waals surface area contributed by atoms with Gasteiger partial charge in [0.05, 0.1) is 6.61 Å². The predicted octanol–water partition coefficient (Wildman–Crippen LogP) is 3.15. The van der Waals surface area contributed by atoms with E-state index in [9.17, 15) is 14.4 Å². The summed E-state index contributed by atoms with van der Waals surface area (Å²) in [7, 11) is 0. The molecule has 0 spiro atoms. The number of halogens is 1. The zero-order valence-corrected chi connectivity index (χ0v) is 15.9. The van der Waals surface area contributed by atoms with Crippen LogP contribution in [0.5, 0.6) is 5.75 Å². The third-order valence-corrected chi connectivity index (χ3v) is 4.01. The molecule has 0 unspecified atom stereocenters. The summed E-state index contributed by atoms with van der Waals surface area (Å²) in [5.41, 5.74) is 6.51. The Morgan fingerprint density at radius 2 is 1.70 bits per heavy atom. The van der Waals surface area contributed by atoms with E-state index in [0.29, 0.717) is 23.8 Å². The van der Waals surface area contributed by atoms with E-state index in [0.717, 1.165) is 11.1 Å². The standard InChI is InChI=1S/C20H21ClN2O4/c1-13-5-7-15(8-6-13)19(25)20(26)23-22-18(24)4-3-11-27-17-10-9-16(21)12-14(17)2/h5-10,12H,3-4,11H2,1-2H3,(H,22,24)(H,23,26). The van der Waals surface area contributed by atoms with Crippen LogP contribution < -0.4 is 15.6 Å². The van der Waals surface area contributed by atoms with Gasteiger partial charge >= 0.3 is 5.91 Å². The Morgan fingerprint density at radius 3 is 2.37 bits per heavy atom. The molecule has 2 amide bonds. The Kier molecular flexibility index (Phi) is 7.37. The number of benzene rings is 2. The second-order valence-corrected chi connectivity index (χ2v) is 6.50. The molecule has 27 heavy (non-hydrogen) atoms. The van der Waals surface area contributed by atoms with Crippen molar-refractivity contribution >= 4 is 29.2 Å². The molecule has 2 N–H and O–H groups in total. The molecule has 0 bridgehead atoms. The summed E-state index contributed by atoms with van der Waals surface area (Å²) in [6, 6.07) is 11.9. The first-order valence-electron chi connectivity index (χ1n) is 8.46. The fraction of sp³-hybridized carbons (Fsp3) is 0.250. The molecule has 2 aromatic carbocycles. The summed E-state index contributed by atoms with van der Waals surface area (Å²) in [6.45, 7) is 4.10. The fourth-order valence-electron chi connectivity index (χ4n) is 2.27. The predicted molar refractivity (Wildman–Crippen MR) is 103 cm³/mol. The van der Waals surface area contributed by atoms with Crippen LogP contribution in [-0.2, 0) is 9.59 Å². The van der Waals surface area contributed by atoms with E-state index in [2.05, 4.69) is 10.9 Å². The van der Waals surface area contributed by atoms with Gasteiger partial charge < -0.3 is 4.74 Å². The lowest BCUT2D eigenvalue weighted by Gasteiger charge is -2.10. The number of Topliss-reactive ketones (excluding diaryl/α,β-unsaturated/α-hetero) is 1. The number of carbonyl (C=O) groups excluding carboxylic acids is 3. The lowest BCUT2D eigenvalue weighted by molar-refractivity contribution is -0.126. The smallest absolute Gasteiger partial charge is 0.310 e. The molecule has 7 heteroatoms. The Bertz CT molecular complexity index is 834. The largest absolute Gasteiger partial charge is 0.493 e. The van der Waals surface area contributed by atoms with E-state index < -0.39 is 17.6 Å². The van der Waals surface area contributed by atoms with Gasteiger partial charge in [-0.25, -0.2) is 0 Å². The van der Waals surface area contributed by atoms with Gasteiger partial charge in [0.15, 0.2) is 0 Å². The summed E-state index contributed by atoms with van der Waals surface area (Å²) >= 11 is 5.88. The Labute approximate surface area is 162 Å². The highest BCUT2D eigenvalue weighted by molar-refractivity contribution is 6.42. The van der Waals surface area contributed by atoms with Gasteiger partial charge in [0.1, 0.15) is 5.75 Å². The molecule has 142 valence electrons. The average molecular weight is 389 g/mol. The van der Waals surface area contributed by atoms with Crippen LogP contribution in [0.1, 0.15) is 34.3 Å². The van der Waals surface area contributed by atoms with Gasteiger partial charge in [0.25, 0.3) is 5.78 Å². The number of ketones is 1. The van der Waals surface area contributed by atoms with Crippen molar-refractivity contribution < 1.29 is 19.1 Å². The number of hydrogen-bond donors (Lipinski definition) is 2. The summed E-state index contributed by atoms with van der Waals surface area (Å²) in [5.74, 6) is -1.30. The molecule has 0 saturated carbocycles. The van der Waals surface area contributed by atoms with Crippen molar-refractivity contribution in [2.24, 2.45) is 0 Å². The molecule has 0 fully saturated rings. The van der Waals surface area contributed by atoms with Gasteiger partial charge in [-0.05, 0) is 44.0 Å². The van der Waals surface area contributed by atoms with E-state index in [4.69, 9.17) is 16.3 Å². The summed E-state index contributed by atoms with van der Waals surface area (Å²) in [6.07, 6.45) is 0.599. The Balaban J connectivity index is 1.69. The maximum atomic E-state index is 11.9. The van der Waals surface area contributed by atoms with Crippen LogP contribution in [0.2, 0.25) is 5.02 Å². The number of ether oxygens (including phenoxy) is 1. The fourth-order valence-corrected chi connectivity index (χ4v) is 2.50. The molecule has 0 aliphatic carbocycles. The monoisotopic (exact) mass is 388 g/mol. The summed E-state index contributed by atoms with van der Waals surface area (Å²) in [5, 5.41) is 0.634. The SMILES string of the molecule is Cc1ccc(C(=O)C(=O)NNC(=O)CCCOc2ccc(Cl)cc2C)cc1. The van der Waals surface area contributed by atoms with Gasteiger partial charge in [-0.1, -0.05) is 41.4 Å². The molecular weight excluding hydrogens is 368 g/mol. The number of carbonyl (C=O) groups is 3. The zero-order chi connectivity index (χ0) is 19.8. The molecule has 0 aliphatic heterocycles. The lowest BCUT2D eigenvalue weighted by Crippen LogP contribution is -2.44. The molecule has 0 aliphatic rings. The Hall–Kier alpha value is -2.86. The first-order valence-corrected chi connectivity index (χ1v) is 8.84. The van der Waals surface area contributed by atoms with Crippen molar-refractivity contribution in [2.75, 3.05) is 6.61 Å². The summed E-state index contributed by atoms with van der Waals surface area (Å²) < 4.78 is 5.59. The molecule has 0 heterocycles. The summed E-state index contributed by atoms with van der Waals surface area (Å²) in [4.78, 5) is 35.5. The molecule has 0 saturated heterocycles. The van der Waals surface area contributed by atoms with Crippen molar-refractivity contribution in [1.29, 1.82) is 0 Å². The number of hydrogen-bond acceptors (Lipinski definition) is 4. The molecule has 6 nitrogen and oxygen atoms in total. The van der Waals surface area contributed by atoms with E-state index in [1.54, 1.807) is 42.5 Å². The first kappa shape index (κ1) is 20.5. The number of rotatable bonds is 7. The Morgan fingerprint density at radius 1 is 1.00 bits per heavy atom. The molecule has 0 atom stereocenters. The minimum atomic E-state index is -0.889. The van der Waals surface area contributed by atoms with Crippen LogP contribution >= 0.6 is 11.6 Å². The van der Waals surface area contributed by atoms with Gasteiger partial charge in [-0.2, -0.15) is 0 Å². The van der Waals surface area contributed by atoms with Crippen molar-refractivity contribution in [3.05, 3.63) is 64.2 Å². The van der Waals surface area contributed by atoms with Crippen molar-refractivity contribution in [2.45, 2.75) is 26.7 Å². The van der Waals surface area contributed by atoms with E-state index in [1.807, 2.05) is 13.8 Å². The van der Waals surface area contributed by atoms with Crippen molar-refractivity contribution in [1.82, 2.24) is 10.9 Å². The van der Waals surface area contributed by atoms with E-state index in [1.165, 1.54) is 0 Å². The maximum Gasteiger partial charge on any atom is 0.310 e. The van der Waals surface area contributed by atoms with Crippen LogP contribution in [0.25, 0.3) is 0 Å². The third kappa shape index (κ3) is 6.42. The third-order valence-electron chi connectivity index (χ3n) is 3.78. The second-order valence-electron chi connectivity index (χ2n) is 6.06. The van der Waals surface area contributed by atoms with E-state index in [-0.39, 0.29) is 12.0 Å². The minimum Gasteiger partial charge on any atom is -0.493 e. The van der Waals surface area contributed by atoms with Crippen molar-refractivity contribution in [3.8, 4) is 5.75 Å². The number of hydrazine groups is 1. The normalized spacial score (nSPS) is 10.2. The number of nitrogens with one attached hydrogen (secondary N) is 2. The molecule has 0 aromatic heterocycles. The minimum absolute atomic E-state index is 0.144. The van der Waals surface area contributed by atoms with Gasteiger partial charge in [0, 0.05) is 17.0 Å². The molecular formula is C20H21ClN2O4. The first-order chi connectivity index (χ1) is 12.9. The van der Waals surface area contributed by atoms with Crippen LogP contribution in [-0.4, -0.2) is 24.2 Å². The molecule has 0 radical (unpaired) electrons. The van der Waals surface area contributed by atoms with E-state index >= 15 is 0 Å². The topological polar surface area (TPSA) is 84.5 Å². The lowest BCUT2D eigenvalue weighted by atomic mass is 10.1. The van der Waals surface area contributed by atoms with Gasteiger partial charge in [-0.3, -0.25) is 25.2 Å². The quantitative estimate of drug-likeness (QED) is 0.330. The zero-order valence-electron chi connectivity index (χ0n) is 15.2. The van der Waals surface area contributed by atoms with Crippen LogP contribution in [0.4, 0.5) is 0 Å². The van der Waals surface area contributed by atoms with Crippen LogP contribution in [0, 0.1) is 13.8 Å². The molecule has 2 aromatic rings. The van der Waals surface area contributed by atoms with Crippen LogP contribution in [0.3, 0.4) is 0 Å². The molecule has 2 rings (SSSR count).